The van der Waals surface area contributed by atoms with Gasteiger partial charge >= 0.3 is 0 Å². The van der Waals surface area contributed by atoms with Gasteiger partial charge in [-0.2, -0.15) is 0 Å². The minimum Gasteiger partial charge on any atom is -0.309 e. The standard InChI is InChI=1S/C16H17BrClN/c1-10-7-8-12(9-15(10)18)16(19-3)13-5-4-6-14(17)11(13)2/h4-9,16,19H,1-3H3. The van der Waals surface area contributed by atoms with Crippen LogP contribution in [0.1, 0.15) is 28.3 Å². The minimum absolute atomic E-state index is 0.149. The van der Waals surface area contributed by atoms with E-state index in [1.165, 1.54) is 16.7 Å². The average molecular weight is 339 g/mol. The number of benzene rings is 2. The number of nitrogens with one attached hydrogen (secondary N) is 1. The summed E-state index contributed by atoms with van der Waals surface area (Å²) in [5.74, 6) is 0. The van der Waals surface area contributed by atoms with E-state index in [1.54, 1.807) is 0 Å². The Morgan fingerprint density at radius 2 is 1.89 bits per heavy atom. The average Bonchev–Trinajstić information content (AvgIpc) is 2.39. The van der Waals surface area contributed by atoms with Crippen LogP contribution in [0.25, 0.3) is 0 Å². The molecule has 0 aliphatic carbocycles. The highest BCUT2D eigenvalue weighted by atomic mass is 79.9. The fraction of sp³-hybridized carbons (Fsp3) is 0.250. The van der Waals surface area contributed by atoms with Crippen LogP contribution >= 0.6 is 27.5 Å². The van der Waals surface area contributed by atoms with E-state index in [2.05, 4.69) is 58.5 Å². The maximum absolute atomic E-state index is 6.24. The Labute approximate surface area is 128 Å². The van der Waals surface area contributed by atoms with Crippen LogP contribution in [0.15, 0.2) is 40.9 Å². The fourth-order valence-corrected chi connectivity index (χ4v) is 2.80. The van der Waals surface area contributed by atoms with Gasteiger partial charge in [0.1, 0.15) is 0 Å². The van der Waals surface area contributed by atoms with Crippen molar-refractivity contribution in [3.8, 4) is 0 Å². The lowest BCUT2D eigenvalue weighted by atomic mass is 9.94. The Morgan fingerprint density at radius 3 is 2.53 bits per heavy atom. The van der Waals surface area contributed by atoms with E-state index in [9.17, 15) is 0 Å². The van der Waals surface area contributed by atoms with Gasteiger partial charge in [-0.05, 0) is 55.3 Å². The van der Waals surface area contributed by atoms with E-state index >= 15 is 0 Å². The lowest BCUT2D eigenvalue weighted by Gasteiger charge is -2.20. The van der Waals surface area contributed by atoms with E-state index in [4.69, 9.17) is 11.6 Å². The summed E-state index contributed by atoms with van der Waals surface area (Å²) >= 11 is 9.82. The van der Waals surface area contributed by atoms with Crippen molar-refractivity contribution in [2.75, 3.05) is 7.05 Å². The molecule has 1 N–H and O–H groups in total. The van der Waals surface area contributed by atoms with Gasteiger partial charge in [0.25, 0.3) is 0 Å². The fourth-order valence-electron chi connectivity index (χ4n) is 2.23. The maximum atomic E-state index is 6.24. The molecule has 2 aromatic rings. The number of halogens is 2. The Hall–Kier alpha value is -0.830. The van der Waals surface area contributed by atoms with Gasteiger partial charge in [0, 0.05) is 9.50 Å². The van der Waals surface area contributed by atoms with Crippen LogP contribution in [-0.4, -0.2) is 7.05 Å². The predicted octanol–water partition coefficient (Wildman–Crippen LogP) is 5.03. The molecule has 0 heterocycles. The van der Waals surface area contributed by atoms with E-state index in [-0.39, 0.29) is 6.04 Å². The molecule has 1 nitrogen and oxygen atoms in total. The van der Waals surface area contributed by atoms with Crippen LogP contribution in [0, 0.1) is 13.8 Å². The largest absolute Gasteiger partial charge is 0.309 e. The van der Waals surface area contributed by atoms with Crippen LogP contribution in [0.4, 0.5) is 0 Å². The van der Waals surface area contributed by atoms with Gasteiger partial charge in [0.2, 0.25) is 0 Å². The van der Waals surface area contributed by atoms with Gasteiger partial charge in [0.05, 0.1) is 6.04 Å². The summed E-state index contributed by atoms with van der Waals surface area (Å²) in [4.78, 5) is 0. The highest BCUT2D eigenvalue weighted by molar-refractivity contribution is 9.10. The van der Waals surface area contributed by atoms with Gasteiger partial charge in [-0.25, -0.2) is 0 Å². The van der Waals surface area contributed by atoms with Gasteiger partial charge in [-0.1, -0.05) is 51.8 Å². The number of rotatable bonds is 3. The molecule has 0 aliphatic rings. The molecule has 0 bridgehead atoms. The van der Waals surface area contributed by atoms with Gasteiger partial charge in [0.15, 0.2) is 0 Å². The minimum atomic E-state index is 0.149. The normalized spacial score (nSPS) is 12.5. The summed E-state index contributed by atoms with van der Waals surface area (Å²) in [5.41, 5.74) is 4.79. The summed E-state index contributed by atoms with van der Waals surface area (Å²) in [6, 6.07) is 12.7. The van der Waals surface area contributed by atoms with Crippen molar-refractivity contribution in [3.63, 3.8) is 0 Å². The second-order valence-corrected chi connectivity index (χ2v) is 5.95. The van der Waals surface area contributed by atoms with E-state index in [0.29, 0.717) is 0 Å². The first-order valence-electron chi connectivity index (χ1n) is 6.23. The number of hydrogen-bond donors (Lipinski definition) is 1. The molecule has 2 rings (SSSR count). The van der Waals surface area contributed by atoms with Crippen molar-refractivity contribution in [1.29, 1.82) is 0 Å². The Morgan fingerprint density at radius 1 is 1.16 bits per heavy atom. The van der Waals surface area contributed by atoms with E-state index < -0.39 is 0 Å². The Kier molecular flexibility index (Phi) is 4.67. The van der Waals surface area contributed by atoms with Crippen LogP contribution in [0.5, 0.6) is 0 Å². The molecule has 0 fully saturated rings. The first-order valence-corrected chi connectivity index (χ1v) is 7.40. The summed E-state index contributed by atoms with van der Waals surface area (Å²) in [5, 5.41) is 4.18. The molecular formula is C16H17BrClN. The van der Waals surface area contributed by atoms with Gasteiger partial charge < -0.3 is 5.32 Å². The molecular weight excluding hydrogens is 322 g/mol. The van der Waals surface area contributed by atoms with E-state index in [0.717, 1.165) is 15.1 Å². The number of hydrogen-bond acceptors (Lipinski definition) is 1. The van der Waals surface area contributed by atoms with Crippen LogP contribution in [0.2, 0.25) is 5.02 Å². The maximum Gasteiger partial charge on any atom is 0.0577 e. The summed E-state index contributed by atoms with van der Waals surface area (Å²) in [7, 11) is 1.97. The molecule has 0 saturated carbocycles. The van der Waals surface area contributed by atoms with Crippen LogP contribution in [0.3, 0.4) is 0 Å². The Balaban J connectivity index is 2.50. The monoisotopic (exact) mass is 337 g/mol. The molecule has 1 atom stereocenters. The molecule has 100 valence electrons. The number of aryl methyl sites for hydroxylation is 1. The van der Waals surface area contributed by atoms with Gasteiger partial charge in [-0.15, -0.1) is 0 Å². The first-order chi connectivity index (χ1) is 9.04. The summed E-state index contributed by atoms with van der Waals surface area (Å²) < 4.78 is 1.13. The second kappa shape index (κ2) is 6.08. The summed E-state index contributed by atoms with van der Waals surface area (Å²) in [6.45, 7) is 4.14. The molecule has 2 aromatic carbocycles. The van der Waals surface area contributed by atoms with Crippen molar-refractivity contribution >= 4 is 27.5 Å². The quantitative estimate of drug-likeness (QED) is 0.828. The topological polar surface area (TPSA) is 12.0 Å². The van der Waals surface area contributed by atoms with Crippen molar-refractivity contribution in [2.45, 2.75) is 19.9 Å². The predicted molar refractivity (Wildman–Crippen MR) is 86.0 cm³/mol. The highest BCUT2D eigenvalue weighted by Crippen LogP contribution is 2.30. The molecule has 0 amide bonds. The molecule has 0 radical (unpaired) electrons. The molecule has 19 heavy (non-hydrogen) atoms. The van der Waals surface area contributed by atoms with Crippen LogP contribution < -0.4 is 5.32 Å². The zero-order valence-electron chi connectivity index (χ0n) is 11.3. The zero-order chi connectivity index (χ0) is 14.0. The third-order valence-corrected chi connectivity index (χ3v) is 4.70. The summed E-state index contributed by atoms with van der Waals surface area (Å²) in [6.07, 6.45) is 0. The highest BCUT2D eigenvalue weighted by Gasteiger charge is 2.16. The van der Waals surface area contributed by atoms with E-state index in [1.807, 2.05) is 20.0 Å². The third-order valence-electron chi connectivity index (χ3n) is 3.44. The van der Waals surface area contributed by atoms with Crippen molar-refractivity contribution < 1.29 is 0 Å². The smallest absolute Gasteiger partial charge is 0.0577 e. The van der Waals surface area contributed by atoms with Crippen molar-refractivity contribution in [2.24, 2.45) is 0 Å². The molecule has 1 unspecified atom stereocenters. The van der Waals surface area contributed by atoms with Crippen molar-refractivity contribution in [1.82, 2.24) is 5.32 Å². The second-order valence-electron chi connectivity index (χ2n) is 4.68. The van der Waals surface area contributed by atoms with Crippen molar-refractivity contribution in [3.05, 3.63) is 68.1 Å². The van der Waals surface area contributed by atoms with Gasteiger partial charge in [-0.3, -0.25) is 0 Å². The third kappa shape index (κ3) is 3.02. The lowest BCUT2D eigenvalue weighted by Crippen LogP contribution is -2.18. The van der Waals surface area contributed by atoms with Crippen LogP contribution in [-0.2, 0) is 0 Å². The SMILES string of the molecule is CNC(c1ccc(C)c(Cl)c1)c1cccc(Br)c1C. The zero-order valence-corrected chi connectivity index (χ0v) is 13.6. The molecule has 0 aromatic heterocycles. The molecule has 3 heteroatoms. The lowest BCUT2D eigenvalue weighted by molar-refractivity contribution is 0.687. The molecule has 0 aliphatic heterocycles. The first kappa shape index (κ1) is 14.6. The molecule has 0 saturated heterocycles. The molecule has 0 spiro atoms. The Bertz CT molecular complexity index is 595.